The van der Waals surface area contributed by atoms with E-state index in [0.717, 1.165) is 9.87 Å². The number of benzene rings is 3. The number of hydrogen-bond donors (Lipinski definition) is 1. The Kier molecular flexibility index (Phi) is 9.52. The molecular formula is C29H35N3O5S. The van der Waals surface area contributed by atoms with E-state index in [1.54, 1.807) is 81.6 Å². The maximum absolute atomic E-state index is 13.9. The van der Waals surface area contributed by atoms with E-state index in [1.165, 1.54) is 17.0 Å². The Hall–Kier alpha value is -3.85. The lowest BCUT2D eigenvalue weighted by Gasteiger charge is -2.32. The minimum absolute atomic E-state index is 0.0704. The summed E-state index contributed by atoms with van der Waals surface area (Å²) in [5.41, 5.74) is 1.84. The van der Waals surface area contributed by atoms with Crippen LogP contribution in [-0.4, -0.2) is 50.9 Å². The number of anilines is 1. The molecule has 8 nitrogen and oxygen atoms in total. The van der Waals surface area contributed by atoms with Crippen LogP contribution in [0.1, 0.15) is 31.9 Å². The van der Waals surface area contributed by atoms with Crippen LogP contribution in [0, 0.1) is 6.92 Å². The largest absolute Gasteiger partial charge is 0.497 e. The van der Waals surface area contributed by atoms with Crippen molar-refractivity contribution in [3.63, 3.8) is 0 Å². The number of carbonyl (C=O) groups is 2. The van der Waals surface area contributed by atoms with Gasteiger partial charge in [-0.2, -0.15) is 0 Å². The van der Waals surface area contributed by atoms with Gasteiger partial charge in [0.15, 0.2) is 0 Å². The number of carbonyl (C=O) groups excluding carboxylic acids is 2. The van der Waals surface area contributed by atoms with Crippen LogP contribution in [-0.2, 0) is 26.2 Å². The minimum atomic E-state index is -4.09. The number of para-hydroxylation sites is 1. The first-order valence-corrected chi connectivity index (χ1v) is 13.8. The van der Waals surface area contributed by atoms with E-state index in [-0.39, 0.29) is 23.4 Å². The molecule has 1 atom stereocenters. The highest BCUT2D eigenvalue weighted by Crippen LogP contribution is 2.27. The van der Waals surface area contributed by atoms with Crippen LogP contribution in [0.5, 0.6) is 5.75 Å². The third kappa shape index (κ3) is 6.92. The molecule has 0 aliphatic rings. The molecule has 0 bridgehead atoms. The van der Waals surface area contributed by atoms with E-state index >= 15 is 0 Å². The average molecular weight is 538 g/mol. The van der Waals surface area contributed by atoms with Crippen molar-refractivity contribution in [3.8, 4) is 5.75 Å². The van der Waals surface area contributed by atoms with Gasteiger partial charge < -0.3 is 15.0 Å². The Morgan fingerprint density at radius 3 is 2.21 bits per heavy atom. The van der Waals surface area contributed by atoms with Crippen LogP contribution in [0.4, 0.5) is 5.69 Å². The van der Waals surface area contributed by atoms with Crippen molar-refractivity contribution in [1.82, 2.24) is 10.2 Å². The normalized spacial score (nSPS) is 12.1. The first-order valence-electron chi connectivity index (χ1n) is 12.4. The number of ether oxygens (including phenoxy) is 1. The summed E-state index contributed by atoms with van der Waals surface area (Å²) >= 11 is 0. The predicted octanol–water partition coefficient (Wildman–Crippen LogP) is 4.14. The molecule has 0 aromatic heterocycles. The van der Waals surface area contributed by atoms with Gasteiger partial charge in [0.1, 0.15) is 18.3 Å². The molecular weight excluding hydrogens is 502 g/mol. The van der Waals surface area contributed by atoms with Gasteiger partial charge in [-0.15, -0.1) is 0 Å². The summed E-state index contributed by atoms with van der Waals surface area (Å²) < 4.78 is 34.0. The molecule has 3 aromatic carbocycles. The van der Waals surface area contributed by atoms with Crippen LogP contribution < -0.4 is 14.4 Å². The summed E-state index contributed by atoms with van der Waals surface area (Å²) in [6.45, 7) is 6.72. The van der Waals surface area contributed by atoms with Crippen molar-refractivity contribution in [2.75, 3.05) is 18.0 Å². The quantitative estimate of drug-likeness (QED) is 0.397. The average Bonchev–Trinajstić information content (AvgIpc) is 2.90. The summed E-state index contributed by atoms with van der Waals surface area (Å²) in [5, 5.41) is 2.85. The van der Waals surface area contributed by atoms with Gasteiger partial charge in [0.05, 0.1) is 17.7 Å². The zero-order valence-electron chi connectivity index (χ0n) is 22.4. The summed E-state index contributed by atoms with van der Waals surface area (Å²) in [6, 6.07) is 21.2. The van der Waals surface area contributed by atoms with Gasteiger partial charge in [0, 0.05) is 12.6 Å². The molecule has 0 unspecified atom stereocenters. The fraction of sp³-hybridized carbons (Fsp3) is 0.310. The topological polar surface area (TPSA) is 96.0 Å². The molecule has 0 saturated heterocycles. The van der Waals surface area contributed by atoms with E-state index in [9.17, 15) is 18.0 Å². The highest BCUT2D eigenvalue weighted by molar-refractivity contribution is 7.92. The second-order valence-corrected chi connectivity index (χ2v) is 11.2. The summed E-state index contributed by atoms with van der Waals surface area (Å²) in [4.78, 5) is 28.4. The van der Waals surface area contributed by atoms with E-state index < -0.39 is 28.5 Å². The molecule has 0 saturated carbocycles. The van der Waals surface area contributed by atoms with Crippen molar-refractivity contribution in [3.05, 3.63) is 90.0 Å². The van der Waals surface area contributed by atoms with Gasteiger partial charge in [-0.05, 0) is 69.2 Å². The number of nitrogens with zero attached hydrogens (tertiary/aromatic N) is 2. The second kappa shape index (κ2) is 12.6. The number of hydrogen-bond acceptors (Lipinski definition) is 5. The number of aryl methyl sites for hydroxylation is 1. The van der Waals surface area contributed by atoms with E-state index in [0.29, 0.717) is 17.0 Å². The predicted molar refractivity (Wildman–Crippen MR) is 148 cm³/mol. The molecule has 0 aliphatic carbocycles. The Bertz CT molecular complexity index is 1360. The van der Waals surface area contributed by atoms with Crippen molar-refractivity contribution in [2.24, 2.45) is 0 Å². The fourth-order valence-electron chi connectivity index (χ4n) is 4.03. The first kappa shape index (κ1) is 28.7. The molecule has 9 heteroatoms. The van der Waals surface area contributed by atoms with Gasteiger partial charge in [-0.1, -0.05) is 48.5 Å². The molecule has 3 rings (SSSR count). The Morgan fingerprint density at radius 2 is 1.58 bits per heavy atom. The first-order chi connectivity index (χ1) is 18.0. The number of methoxy groups -OCH3 is 1. The van der Waals surface area contributed by atoms with Gasteiger partial charge in [0.2, 0.25) is 11.8 Å². The molecule has 0 aliphatic heterocycles. The van der Waals surface area contributed by atoms with E-state index in [2.05, 4.69) is 5.32 Å². The smallest absolute Gasteiger partial charge is 0.264 e. The van der Waals surface area contributed by atoms with Crippen LogP contribution >= 0.6 is 0 Å². The molecule has 202 valence electrons. The van der Waals surface area contributed by atoms with E-state index in [1.807, 2.05) is 19.9 Å². The van der Waals surface area contributed by atoms with Gasteiger partial charge in [-0.3, -0.25) is 13.9 Å². The van der Waals surface area contributed by atoms with Crippen LogP contribution in [0.15, 0.2) is 83.8 Å². The second-order valence-electron chi connectivity index (χ2n) is 9.32. The third-order valence-electron chi connectivity index (χ3n) is 6.08. The van der Waals surface area contributed by atoms with E-state index in [4.69, 9.17) is 4.74 Å². The maximum atomic E-state index is 13.9. The molecule has 3 aromatic rings. The highest BCUT2D eigenvalue weighted by Gasteiger charge is 2.33. The molecule has 0 spiro atoms. The maximum Gasteiger partial charge on any atom is 0.264 e. The van der Waals surface area contributed by atoms with Gasteiger partial charge >= 0.3 is 0 Å². The highest BCUT2D eigenvalue weighted by atomic mass is 32.2. The molecule has 0 heterocycles. The third-order valence-corrected chi connectivity index (χ3v) is 7.85. The van der Waals surface area contributed by atoms with Crippen molar-refractivity contribution in [2.45, 2.75) is 51.2 Å². The van der Waals surface area contributed by atoms with Crippen LogP contribution in [0.25, 0.3) is 0 Å². The molecule has 0 radical (unpaired) electrons. The van der Waals surface area contributed by atoms with Gasteiger partial charge in [0.25, 0.3) is 10.0 Å². The lowest BCUT2D eigenvalue weighted by Crippen LogP contribution is -2.52. The molecule has 0 fully saturated rings. The lowest BCUT2D eigenvalue weighted by atomic mass is 10.1. The molecule has 1 N–H and O–H groups in total. The van der Waals surface area contributed by atoms with Crippen LogP contribution in [0.2, 0.25) is 0 Å². The zero-order chi connectivity index (χ0) is 27.9. The summed E-state index contributed by atoms with van der Waals surface area (Å²) in [5.74, 6) is -0.228. The fourth-order valence-corrected chi connectivity index (χ4v) is 5.53. The number of rotatable bonds is 11. The van der Waals surface area contributed by atoms with Gasteiger partial charge in [-0.25, -0.2) is 8.42 Å². The number of nitrogens with one attached hydrogen (secondary N) is 1. The SMILES string of the molecule is COc1cccc(CN(C(=O)CN(c2ccccc2C)S(=O)(=O)c2ccccc2)[C@H](C)C(=O)NC(C)C)c1. The summed E-state index contributed by atoms with van der Waals surface area (Å²) in [7, 11) is -2.54. The number of amides is 2. The monoisotopic (exact) mass is 537 g/mol. The molecule has 38 heavy (non-hydrogen) atoms. The van der Waals surface area contributed by atoms with Crippen LogP contribution in [0.3, 0.4) is 0 Å². The minimum Gasteiger partial charge on any atom is -0.497 e. The Morgan fingerprint density at radius 1 is 0.921 bits per heavy atom. The van der Waals surface area contributed by atoms with Crippen molar-refractivity contribution in [1.29, 1.82) is 0 Å². The summed E-state index contributed by atoms with van der Waals surface area (Å²) in [6.07, 6.45) is 0. The Balaban J connectivity index is 2.04. The van der Waals surface area contributed by atoms with Crippen molar-refractivity contribution >= 4 is 27.5 Å². The van der Waals surface area contributed by atoms with Crippen molar-refractivity contribution < 1.29 is 22.7 Å². The standard InChI is InChI=1S/C29H35N3O5S/c1-21(2)30-29(34)23(4)31(19-24-13-11-14-25(18-24)37-5)28(33)20-32(27-17-10-9-12-22(27)3)38(35,36)26-15-7-6-8-16-26/h6-18,21,23H,19-20H2,1-5H3,(H,30,34)/t23-/m1/s1. The zero-order valence-corrected chi connectivity index (χ0v) is 23.2. The lowest BCUT2D eigenvalue weighted by molar-refractivity contribution is -0.139. The Labute approximate surface area is 225 Å². The number of sulfonamides is 1. The molecule has 2 amide bonds.